The van der Waals surface area contributed by atoms with Crippen LogP contribution in [0, 0.1) is 5.82 Å². The molecule has 0 aromatic carbocycles. The molecule has 2 aromatic rings. The number of aryl methyl sites for hydroxylation is 1. The quantitative estimate of drug-likeness (QED) is 0.735. The topological polar surface area (TPSA) is 85.4 Å². The Morgan fingerprint density at radius 3 is 3.00 bits per heavy atom. The van der Waals surface area contributed by atoms with E-state index < -0.39 is 0 Å². The molecule has 0 spiro atoms. The first-order valence-corrected chi connectivity index (χ1v) is 9.59. The first-order chi connectivity index (χ1) is 13.1. The number of nitrogens with zero attached hydrogens (tertiary/aromatic N) is 3. The molecule has 3 rings (SSSR count). The second-order valence-electron chi connectivity index (χ2n) is 6.16. The molecular formula is C19H22FN5OS. The molecule has 0 amide bonds. The SMILES string of the molecule is CCCc1ncc(F)cc1SNc1cnc2c(c1)C(C=CN)=NC(C)CO2. The molecule has 3 heterocycles. The van der Waals surface area contributed by atoms with E-state index >= 15 is 0 Å². The van der Waals surface area contributed by atoms with Gasteiger partial charge in [-0.1, -0.05) is 13.3 Å². The van der Waals surface area contributed by atoms with Crippen LogP contribution < -0.4 is 15.2 Å². The van der Waals surface area contributed by atoms with Crippen LogP contribution in [-0.4, -0.2) is 28.3 Å². The zero-order chi connectivity index (χ0) is 19.2. The number of nitrogens with one attached hydrogen (secondary N) is 1. The van der Waals surface area contributed by atoms with Crippen molar-refractivity contribution in [3.63, 3.8) is 0 Å². The molecule has 0 fully saturated rings. The van der Waals surface area contributed by atoms with E-state index in [1.165, 1.54) is 30.4 Å². The molecule has 1 aliphatic heterocycles. The van der Waals surface area contributed by atoms with Gasteiger partial charge in [0.15, 0.2) is 0 Å². The summed E-state index contributed by atoms with van der Waals surface area (Å²) in [6.07, 6.45) is 7.84. The third-order valence-electron chi connectivity index (χ3n) is 3.86. The minimum absolute atomic E-state index is 0.00570. The second kappa shape index (κ2) is 8.85. The summed E-state index contributed by atoms with van der Waals surface area (Å²) >= 11 is 1.31. The Morgan fingerprint density at radius 2 is 2.22 bits per heavy atom. The summed E-state index contributed by atoms with van der Waals surface area (Å²) in [7, 11) is 0. The van der Waals surface area contributed by atoms with E-state index in [0.29, 0.717) is 12.5 Å². The number of allylic oxidation sites excluding steroid dienone is 1. The van der Waals surface area contributed by atoms with Gasteiger partial charge in [-0.3, -0.25) is 9.98 Å². The third kappa shape index (κ3) is 4.77. The van der Waals surface area contributed by atoms with Crippen molar-refractivity contribution < 1.29 is 9.13 Å². The summed E-state index contributed by atoms with van der Waals surface area (Å²) in [5.74, 6) is 0.162. The molecule has 0 radical (unpaired) electrons. The van der Waals surface area contributed by atoms with Crippen LogP contribution in [-0.2, 0) is 6.42 Å². The standard InChI is InChI=1S/C19H22FN5OS/c1-3-4-17-18(7-13(20)9-22-17)27-25-14-8-15-16(5-6-21)24-12(2)11-26-19(15)23-10-14/h5-10,12,25H,3-4,11,21H2,1-2H3. The molecular weight excluding hydrogens is 365 g/mol. The average molecular weight is 387 g/mol. The number of aliphatic imine (C=N–C) groups is 1. The van der Waals surface area contributed by atoms with Gasteiger partial charge in [0.1, 0.15) is 12.4 Å². The maximum atomic E-state index is 13.6. The highest BCUT2D eigenvalue weighted by Crippen LogP contribution is 2.28. The number of nitrogens with two attached hydrogens (primary N) is 1. The molecule has 2 aromatic heterocycles. The average Bonchev–Trinajstić information content (AvgIpc) is 2.81. The molecule has 1 atom stereocenters. The van der Waals surface area contributed by atoms with Crippen LogP contribution in [0.3, 0.4) is 0 Å². The second-order valence-corrected chi connectivity index (χ2v) is 7.01. The van der Waals surface area contributed by atoms with E-state index in [1.807, 2.05) is 13.0 Å². The lowest BCUT2D eigenvalue weighted by Crippen LogP contribution is -2.10. The van der Waals surface area contributed by atoms with Crippen molar-refractivity contribution in [3.05, 3.63) is 53.9 Å². The maximum Gasteiger partial charge on any atom is 0.223 e. The van der Waals surface area contributed by atoms with Crippen molar-refractivity contribution in [1.29, 1.82) is 0 Å². The van der Waals surface area contributed by atoms with Gasteiger partial charge >= 0.3 is 0 Å². The van der Waals surface area contributed by atoms with E-state index in [0.717, 1.165) is 40.4 Å². The van der Waals surface area contributed by atoms with Gasteiger partial charge in [-0.15, -0.1) is 0 Å². The zero-order valence-corrected chi connectivity index (χ0v) is 16.1. The molecule has 142 valence electrons. The van der Waals surface area contributed by atoms with Crippen molar-refractivity contribution >= 4 is 23.3 Å². The van der Waals surface area contributed by atoms with Crippen LogP contribution in [0.1, 0.15) is 31.5 Å². The Kier molecular flexibility index (Phi) is 6.28. The Bertz CT molecular complexity index is 871. The number of ether oxygens (including phenoxy) is 1. The predicted octanol–water partition coefficient (Wildman–Crippen LogP) is 3.73. The fourth-order valence-electron chi connectivity index (χ4n) is 2.65. The Labute approximate surface area is 162 Å². The van der Waals surface area contributed by atoms with Crippen molar-refractivity contribution in [2.75, 3.05) is 11.3 Å². The van der Waals surface area contributed by atoms with Crippen LogP contribution in [0.5, 0.6) is 5.88 Å². The van der Waals surface area contributed by atoms with Gasteiger partial charge in [0.25, 0.3) is 0 Å². The first-order valence-electron chi connectivity index (χ1n) is 8.77. The third-order valence-corrected chi connectivity index (χ3v) is 4.78. The molecule has 0 bridgehead atoms. The molecule has 1 aliphatic rings. The number of anilines is 1. The Balaban J connectivity index is 1.85. The van der Waals surface area contributed by atoms with E-state index in [-0.39, 0.29) is 11.9 Å². The summed E-state index contributed by atoms with van der Waals surface area (Å²) < 4.78 is 22.5. The fraction of sp³-hybridized carbons (Fsp3) is 0.316. The predicted molar refractivity (Wildman–Crippen MR) is 107 cm³/mol. The molecule has 3 N–H and O–H groups in total. The fourth-order valence-corrected chi connectivity index (χ4v) is 3.43. The molecule has 1 unspecified atom stereocenters. The largest absolute Gasteiger partial charge is 0.475 e. The van der Waals surface area contributed by atoms with Gasteiger partial charge < -0.3 is 15.2 Å². The lowest BCUT2D eigenvalue weighted by Gasteiger charge is -2.12. The first kappa shape index (κ1) is 19.2. The van der Waals surface area contributed by atoms with Crippen LogP contribution >= 0.6 is 11.9 Å². The van der Waals surface area contributed by atoms with Crippen molar-refractivity contribution in [2.24, 2.45) is 10.7 Å². The zero-order valence-electron chi connectivity index (χ0n) is 15.3. The molecule has 0 saturated carbocycles. The van der Waals surface area contributed by atoms with E-state index in [9.17, 15) is 4.39 Å². The lowest BCUT2D eigenvalue weighted by atomic mass is 10.1. The van der Waals surface area contributed by atoms with Crippen molar-refractivity contribution in [1.82, 2.24) is 9.97 Å². The lowest BCUT2D eigenvalue weighted by molar-refractivity contribution is 0.289. The molecule has 27 heavy (non-hydrogen) atoms. The maximum absolute atomic E-state index is 13.6. The summed E-state index contributed by atoms with van der Waals surface area (Å²) in [5, 5.41) is 0. The van der Waals surface area contributed by atoms with E-state index in [4.69, 9.17) is 10.5 Å². The number of hydrogen-bond acceptors (Lipinski definition) is 7. The van der Waals surface area contributed by atoms with Crippen molar-refractivity contribution in [3.8, 4) is 5.88 Å². The van der Waals surface area contributed by atoms with Crippen LogP contribution in [0.25, 0.3) is 0 Å². The van der Waals surface area contributed by atoms with E-state index in [1.54, 1.807) is 12.3 Å². The molecule has 8 heteroatoms. The van der Waals surface area contributed by atoms with Gasteiger partial charge in [-0.05, 0) is 49.7 Å². The normalized spacial score (nSPS) is 16.4. The van der Waals surface area contributed by atoms with Gasteiger partial charge in [-0.25, -0.2) is 9.37 Å². The van der Waals surface area contributed by atoms with Crippen LogP contribution in [0.2, 0.25) is 0 Å². The highest BCUT2D eigenvalue weighted by Gasteiger charge is 2.18. The van der Waals surface area contributed by atoms with E-state index in [2.05, 4.69) is 26.6 Å². The van der Waals surface area contributed by atoms with Gasteiger partial charge in [0.05, 0.1) is 46.0 Å². The minimum atomic E-state index is -0.357. The van der Waals surface area contributed by atoms with Gasteiger partial charge in [-0.2, -0.15) is 0 Å². The van der Waals surface area contributed by atoms with Gasteiger partial charge in [0, 0.05) is 0 Å². The van der Waals surface area contributed by atoms with Gasteiger partial charge in [0.2, 0.25) is 5.88 Å². The Morgan fingerprint density at radius 1 is 1.37 bits per heavy atom. The molecule has 0 saturated heterocycles. The van der Waals surface area contributed by atoms with Crippen LogP contribution in [0.4, 0.5) is 10.1 Å². The Hall–Kier alpha value is -2.61. The highest BCUT2D eigenvalue weighted by molar-refractivity contribution is 8.00. The highest BCUT2D eigenvalue weighted by atomic mass is 32.2. The number of fused-ring (bicyclic) bond motifs is 1. The smallest absolute Gasteiger partial charge is 0.223 e. The number of rotatable bonds is 6. The molecule has 6 nitrogen and oxygen atoms in total. The van der Waals surface area contributed by atoms with Crippen LogP contribution in [0.15, 0.2) is 46.7 Å². The monoisotopic (exact) mass is 387 g/mol. The number of halogens is 1. The summed E-state index contributed by atoms with van der Waals surface area (Å²) in [6, 6.07) is 3.39. The molecule has 0 aliphatic carbocycles. The number of hydrogen-bond donors (Lipinski definition) is 2. The number of aromatic nitrogens is 2. The summed E-state index contributed by atoms with van der Waals surface area (Å²) in [6.45, 7) is 4.49. The number of pyridine rings is 2. The van der Waals surface area contributed by atoms with Crippen molar-refractivity contribution in [2.45, 2.75) is 37.6 Å². The summed E-state index contributed by atoms with van der Waals surface area (Å²) in [5.41, 5.74) is 8.66. The summed E-state index contributed by atoms with van der Waals surface area (Å²) in [4.78, 5) is 13.9. The minimum Gasteiger partial charge on any atom is -0.475 e.